The highest BCUT2D eigenvalue weighted by Gasteiger charge is 2.14. The summed E-state index contributed by atoms with van der Waals surface area (Å²) in [6, 6.07) is 17.2. The SMILES string of the molecule is CCOc1ccc(NC(=O)Cn2c(N)nnc2SCc2ccccc2)cc1. The molecule has 2 aromatic carbocycles. The fraction of sp³-hybridized carbons (Fsp3) is 0.211. The topological polar surface area (TPSA) is 95.1 Å². The molecule has 0 aliphatic carbocycles. The van der Waals surface area contributed by atoms with Crippen molar-refractivity contribution in [3.05, 3.63) is 60.2 Å². The minimum Gasteiger partial charge on any atom is -0.494 e. The van der Waals surface area contributed by atoms with Crippen molar-refractivity contribution in [1.29, 1.82) is 0 Å². The summed E-state index contributed by atoms with van der Waals surface area (Å²) in [5.74, 6) is 1.50. The molecule has 0 bridgehead atoms. The summed E-state index contributed by atoms with van der Waals surface area (Å²) < 4.78 is 7.00. The number of anilines is 2. The molecule has 27 heavy (non-hydrogen) atoms. The van der Waals surface area contributed by atoms with E-state index in [2.05, 4.69) is 15.5 Å². The van der Waals surface area contributed by atoms with E-state index in [0.717, 1.165) is 17.1 Å². The largest absolute Gasteiger partial charge is 0.494 e. The van der Waals surface area contributed by atoms with Crippen LogP contribution in [0.25, 0.3) is 0 Å². The van der Waals surface area contributed by atoms with E-state index in [-0.39, 0.29) is 18.4 Å². The van der Waals surface area contributed by atoms with Crippen molar-refractivity contribution in [3.63, 3.8) is 0 Å². The van der Waals surface area contributed by atoms with Gasteiger partial charge in [-0.05, 0) is 36.8 Å². The zero-order valence-corrected chi connectivity index (χ0v) is 15.8. The van der Waals surface area contributed by atoms with Crippen LogP contribution in [0, 0.1) is 0 Å². The van der Waals surface area contributed by atoms with E-state index in [4.69, 9.17) is 10.5 Å². The molecule has 140 valence electrons. The van der Waals surface area contributed by atoms with Crippen molar-refractivity contribution < 1.29 is 9.53 Å². The third-order valence-electron chi connectivity index (χ3n) is 3.71. The van der Waals surface area contributed by atoms with Gasteiger partial charge in [-0.1, -0.05) is 42.1 Å². The maximum atomic E-state index is 12.4. The van der Waals surface area contributed by atoms with Crippen molar-refractivity contribution in [2.24, 2.45) is 0 Å². The first-order valence-electron chi connectivity index (χ1n) is 8.54. The number of hydrogen-bond acceptors (Lipinski definition) is 6. The normalized spacial score (nSPS) is 10.6. The Bertz CT molecular complexity index is 881. The van der Waals surface area contributed by atoms with Gasteiger partial charge in [-0.15, -0.1) is 10.2 Å². The summed E-state index contributed by atoms with van der Waals surface area (Å²) in [6.45, 7) is 2.57. The van der Waals surface area contributed by atoms with Gasteiger partial charge in [0.15, 0.2) is 5.16 Å². The predicted molar refractivity (Wildman–Crippen MR) is 107 cm³/mol. The van der Waals surface area contributed by atoms with Gasteiger partial charge in [0.25, 0.3) is 0 Å². The summed E-state index contributed by atoms with van der Waals surface area (Å²) in [4.78, 5) is 12.4. The smallest absolute Gasteiger partial charge is 0.244 e. The molecule has 0 aliphatic rings. The van der Waals surface area contributed by atoms with Gasteiger partial charge >= 0.3 is 0 Å². The van der Waals surface area contributed by atoms with E-state index in [1.54, 1.807) is 16.7 Å². The number of nitrogens with one attached hydrogen (secondary N) is 1. The summed E-state index contributed by atoms with van der Waals surface area (Å²) >= 11 is 1.49. The van der Waals surface area contributed by atoms with Crippen molar-refractivity contribution in [2.75, 3.05) is 17.7 Å². The van der Waals surface area contributed by atoms with Crippen LogP contribution in [-0.4, -0.2) is 27.3 Å². The van der Waals surface area contributed by atoms with Gasteiger partial charge in [-0.25, -0.2) is 0 Å². The van der Waals surface area contributed by atoms with Crippen LogP contribution >= 0.6 is 11.8 Å². The number of hydrogen-bond donors (Lipinski definition) is 2. The second-order valence-electron chi connectivity index (χ2n) is 5.71. The molecule has 0 aliphatic heterocycles. The van der Waals surface area contributed by atoms with E-state index >= 15 is 0 Å². The van der Waals surface area contributed by atoms with E-state index in [9.17, 15) is 4.79 Å². The molecule has 8 heteroatoms. The van der Waals surface area contributed by atoms with E-state index in [1.165, 1.54) is 11.8 Å². The van der Waals surface area contributed by atoms with E-state index in [0.29, 0.717) is 17.5 Å². The van der Waals surface area contributed by atoms with Gasteiger partial charge in [0.2, 0.25) is 11.9 Å². The van der Waals surface area contributed by atoms with Crippen molar-refractivity contribution in [3.8, 4) is 5.75 Å². The summed E-state index contributed by atoms with van der Waals surface area (Å²) in [6.07, 6.45) is 0. The van der Waals surface area contributed by atoms with Crippen LogP contribution in [0.15, 0.2) is 59.8 Å². The Morgan fingerprint density at radius 3 is 2.59 bits per heavy atom. The lowest BCUT2D eigenvalue weighted by molar-refractivity contribution is -0.116. The van der Waals surface area contributed by atoms with E-state index < -0.39 is 0 Å². The lowest BCUT2D eigenvalue weighted by Gasteiger charge is -2.10. The minimum absolute atomic E-state index is 0.0448. The standard InChI is InChI=1S/C19H21N5O2S/c1-2-26-16-10-8-15(9-11-16)21-17(25)12-24-18(20)22-23-19(24)27-13-14-6-4-3-5-7-14/h3-11H,2,12-13H2,1H3,(H2,20,22)(H,21,25). The molecule has 0 unspecified atom stereocenters. The van der Waals surface area contributed by atoms with Gasteiger partial charge in [0, 0.05) is 11.4 Å². The monoisotopic (exact) mass is 383 g/mol. The molecule has 1 aromatic heterocycles. The van der Waals surface area contributed by atoms with Gasteiger partial charge in [0.1, 0.15) is 12.3 Å². The number of aromatic nitrogens is 3. The minimum atomic E-state index is -0.202. The van der Waals surface area contributed by atoms with Crippen molar-refractivity contribution in [2.45, 2.75) is 24.4 Å². The van der Waals surface area contributed by atoms with Crippen LogP contribution in [0.1, 0.15) is 12.5 Å². The van der Waals surface area contributed by atoms with Gasteiger partial charge < -0.3 is 15.8 Å². The Morgan fingerprint density at radius 2 is 1.89 bits per heavy atom. The predicted octanol–water partition coefficient (Wildman–Crippen LogP) is 3.19. The molecule has 0 fully saturated rings. The Kier molecular flexibility index (Phi) is 6.32. The second kappa shape index (κ2) is 9.09. The first-order chi connectivity index (χ1) is 13.2. The van der Waals surface area contributed by atoms with Crippen LogP contribution in [-0.2, 0) is 17.1 Å². The number of carbonyl (C=O) groups excluding carboxylic acids is 1. The van der Waals surface area contributed by atoms with Crippen molar-refractivity contribution >= 4 is 29.3 Å². The molecular weight excluding hydrogens is 362 g/mol. The average molecular weight is 383 g/mol. The number of nitrogen functional groups attached to an aromatic ring is 1. The number of amides is 1. The van der Waals surface area contributed by atoms with Crippen LogP contribution in [0.4, 0.5) is 11.6 Å². The second-order valence-corrected chi connectivity index (χ2v) is 6.65. The van der Waals surface area contributed by atoms with Gasteiger partial charge in [-0.2, -0.15) is 0 Å². The number of carbonyl (C=O) groups is 1. The maximum Gasteiger partial charge on any atom is 0.244 e. The zero-order chi connectivity index (χ0) is 19.1. The molecule has 3 aromatic rings. The third kappa shape index (κ3) is 5.24. The number of benzene rings is 2. The molecule has 0 atom stereocenters. The molecule has 0 saturated carbocycles. The number of nitrogens with two attached hydrogens (primary N) is 1. The molecule has 3 N–H and O–H groups in total. The van der Waals surface area contributed by atoms with Gasteiger partial charge in [-0.3, -0.25) is 9.36 Å². The first-order valence-corrected chi connectivity index (χ1v) is 9.52. The Balaban J connectivity index is 1.61. The molecule has 0 spiro atoms. The van der Waals surface area contributed by atoms with Gasteiger partial charge in [0.05, 0.1) is 6.61 Å². The fourth-order valence-electron chi connectivity index (χ4n) is 2.42. The van der Waals surface area contributed by atoms with Crippen LogP contribution in [0.2, 0.25) is 0 Å². The lowest BCUT2D eigenvalue weighted by Crippen LogP contribution is -2.20. The summed E-state index contributed by atoms with van der Waals surface area (Å²) in [5, 5.41) is 11.4. The quantitative estimate of drug-likeness (QED) is 0.580. The van der Waals surface area contributed by atoms with E-state index in [1.807, 2.05) is 49.4 Å². The lowest BCUT2D eigenvalue weighted by atomic mass is 10.2. The van der Waals surface area contributed by atoms with Crippen molar-refractivity contribution in [1.82, 2.24) is 14.8 Å². The van der Waals surface area contributed by atoms with Crippen LogP contribution < -0.4 is 15.8 Å². The highest BCUT2D eigenvalue weighted by molar-refractivity contribution is 7.98. The molecule has 1 heterocycles. The van der Waals surface area contributed by atoms with Crippen LogP contribution in [0.3, 0.4) is 0 Å². The third-order valence-corrected chi connectivity index (χ3v) is 4.74. The number of rotatable bonds is 8. The Labute approximate surface area is 161 Å². The Morgan fingerprint density at radius 1 is 1.15 bits per heavy atom. The zero-order valence-electron chi connectivity index (χ0n) is 15.0. The number of ether oxygens (including phenoxy) is 1. The molecule has 3 rings (SSSR count). The Hall–Kier alpha value is -3.00. The average Bonchev–Trinajstić information content (AvgIpc) is 3.02. The highest BCUT2D eigenvalue weighted by atomic mass is 32.2. The summed E-state index contributed by atoms with van der Waals surface area (Å²) in [7, 11) is 0. The fourth-order valence-corrected chi connectivity index (χ4v) is 3.32. The highest BCUT2D eigenvalue weighted by Crippen LogP contribution is 2.23. The molecule has 1 amide bonds. The number of nitrogens with zero attached hydrogens (tertiary/aromatic N) is 3. The molecule has 0 saturated heterocycles. The maximum absolute atomic E-state index is 12.4. The van der Waals surface area contributed by atoms with Crippen LogP contribution in [0.5, 0.6) is 5.75 Å². The first kappa shape index (κ1) is 18.8. The molecular formula is C19H21N5O2S. The molecule has 7 nitrogen and oxygen atoms in total. The summed E-state index contributed by atoms with van der Waals surface area (Å²) in [5.41, 5.74) is 7.73. The number of thioether (sulfide) groups is 1. The molecule has 0 radical (unpaired) electrons.